The smallest absolute Gasteiger partial charge is 0.259 e. The predicted molar refractivity (Wildman–Crippen MR) is 66.6 cm³/mol. The first-order chi connectivity index (χ1) is 8.50. The van der Waals surface area contributed by atoms with Crippen LogP contribution >= 0.6 is 0 Å². The van der Waals surface area contributed by atoms with Crippen LogP contribution in [0.3, 0.4) is 0 Å². The Bertz CT molecular complexity index is 512. The average molecular weight is 251 g/mol. The number of aromatic amines is 1. The number of aryl methyl sites for hydroxylation is 1. The molecule has 0 aliphatic carbocycles. The molecule has 0 spiro atoms. The van der Waals surface area contributed by atoms with Gasteiger partial charge in [0.25, 0.3) is 5.91 Å². The predicted octanol–water partition coefficient (Wildman–Crippen LogP) is -0.912. The Morgan fingerprint density at radius 2 is 2.22 bits per heavy atom. The standard InChI is InChI=1S/C12H17N3O3/c1-7-3-10(16)8(4-14-7)12(18)15(2)9-5-13-6-11(9)17/h3-4,9,11,13,17H,5-6H2,1-2H3,(H,14,16)/t9-,11-/m0/s1. The lowest BCUT2D eigenvalue weighted by Crippen LogP contribution is -2.45. The zero-order valence-corrected chi connectivity index (χ0v) is 10.4. The van der Waals surface area contributed by atoms with Crippen LogP contribution in [0.1, 0.15) is 16.1 Å². The van der Waals surface area contributed by atoms with Gasteiger partial charge in [-0.05, 0) is 6.92 Å². The highest BCUT2D eigenvalue weighted by Gasteiger charge is 2.32. The Morgan fingerprint density at radius 1 is 1.50 bits per heavy atom. The Labute approximate surface area is 105 Å². The first kappa shape index (κ1) is 12.8. The van der Waals surface area contributed by atoms with Crippen LogP contribution in [0.5, 0.6) is 0 Å². The summed E-state index contributed by atoms with van der Waals surface area (Å²) in [5.74, 6) is -0.371. The van der Waals surface area contributed by atoms with E-state index in [2.05, 4.69) is 10.3 Å². The highest BCUT2D eigenvalue weighted by Crippen LogP contribution is 2.10. The van der Waals surface area contributed by atoms with Gasteiger partial charge in [0.1, 0.15) is 5.56 Å². The van der Waals surface area contributed by atoms with E-state index in [1.165, 1.54) is 17.2 Å². The molecule has 1 aliphatic heterocycles. The number of amides is 1. The second-order valence-corrected chi connectivity index (χ2v) is 4.60. The van der Waals surface area contributed by atoms with E-state index in [0.717, 1.165) is 0 Å². The molecule has 0 bridgehead atoms. The fourth-order valence-electron chi connectivity index (χ4n) is 2.13. The van der Waals surface area contributed by atoms with Gasteiger partial charge in [-0.3, -0.25) is 9.59 Å². The molecule has 98 valence electrons. The van der Waals surface area contributed by atoms with Crippen molar-refractivity contribution in [3.8, 4) is 0 Å². The van der Waals surface area contributed by atoms with E-state index in [1.807, 2.05) is 0 Å². The summed E-state index contributed by atoms with van der Waals surface area (Å²) in [7, 11) is 1.60. The first-order valence-corrected chi connectivity index (χ1v) is 5.86. The minimum Gasteiger partial charge on any atom is -0.390 e. The molecule has 6 nitrogen and oxygen atoms in total. The number of aromatic nitrogens is 1. The van der Waals surface area contributed by atoms with E-state index in [-0.39, 0.29) is 22.9 Å². The minimum atomic E-state index is -0.594. The zero-order chi connectivity index (χ0) is 13.3. The van der Waals surface area contributed by atoms with Crippen molar-refractivity contribution < 1.29 is 9.90 Å². The van der Waals surface area contributed by atoms with Crippen LogP contribution in [0, 0.1) is 6.92 Å². The monoisotopic (exact) mass is 251 g/mol. The molecule has 6 heteroatoms. The van der Waals surface area contributed by atoms with Crippen molar-refractivity contribution in [2.24, 2.45) is 0 Å². The molecule has 2 rings (SSSR count). The number of carbonyl (C=O) groups is 1. The van der Waals surface area contributed by atoms with Crippen LogP contribution in [-0.4, -0.2) is 53.2 Å². The first-order valence-electron chi connectivity index (χ1n) is 5.86. The number of hydrogen-bond donors (Lipinski definition) is 3. The summed E-state index contributed by atoms with van der Waals surface area (Å²) >= 11 is 0. The van der Waals surface area contributed by atoms with Crippen LogP contribution in [-0.2, 0) is 0 Å². The number of rotatable bonds is 2. The number of H-pyrrole nitrogens is 1. The molecule has 3 N–H and O–H groups in total. The number of nitrogens with one attached hydrogen (secondary N) is 2. The van der Waals surface area contributed by atoms with E-state index in [4.69, 9.17) is 0 Å². The Balaban J connectivity index is 2.23. The maximum atomic E-state index is 12.2. The maximum absolute atomic E-state index is 12.2. The lowest BCUT2D eigenvalue weighted by molar-refractivity contribution is 0.0579. The average Bonchev–Trinajstić information content (AvgIpc) is 2.74. The number of likely N-dealkylation sites (N-methyl/N-ethyl adjacent to an activating group) is 1. The van der Waals surface area contributed by atoms with E-state index in [1.54, 1.807) is 14.0 Å². The van der Waals surface area contributed by atoms with Crippen molar-refractivity contribution in [2.75, 3.05) is 20.1 Å². The van der Waals surface area contributed by atoms with Gasteiger partial charge in [-0.1, -0.05) is 0 Å². The van der Waals surface area contributed by atoms with Crippen molar-refractivity contribution in [3.63, 3.8) is 0 Å². The molecule has 0 saturated carbocycles. The van der Waals surface area contributed by atoms with E-state index in [9.17, 15) is 14.7 Å². The number of aliphatic hydroxyl groups is 1. The molecular formula is C12H17N3O3. The summed E-state index contributed by atoms with van der Waals surface area (Å²) in [5.41, 5.74) is 0.507. The summed E-state index contributed by atoms with van der Waals surface area (Å²) in [6.07, 6.45) is 0.828. The summed E-state index contributed by atoms with van der Waals surface area (Å²) in [4.78, 5) is 28.2. The molecule has 1 saturated heterocycles. The van der Waals surface area contributed by atoms with Crippen LogP contribution in [0.25, 0.3) is 0 Å². The molecule has 1 aliphatic rings. The molecule has 2 atom stereocenters. The Hall–Kier alpha value is -1.66. The second kappa shape index (κ2) is 4.91. The lowest BCUT2D eigenvalue weighted by Gasteiger charge is -2.26. The van der Waals surface area contributed by atoms with Crippen molar-refractivity contribution in [1.29, 1.82) is 0 Å². The normalized spacial score (nSPS) is 23.1. The van der Waals surface area contributed by atoms with Gasteiger partial charge in [0.05, 0.1) is 12.1 Å². The minimum absolute atomic E-state index is 0.0993. The number of aliphatic hydroxyl groups excluding tert-OH is 1. The fraction of sp³-hybridized carbons (Fsp3) is 0.500. The number of β-amino-alcohol motifs (C(OH)–C–C–N with tert-alkyl or cyclic N) is 1. The molecular weight excluding hydrogens is 234 g/mol. The van der Waals surface area contributed by atoms with Crippen LogP contribution in [0.2, 0.25) is 0 Å². The van der Waals surface area contributed by atoms with E-state index in [0.29, 0.717) is 18.8 Å². The van der Waals surface area contributed by atoms with Crippen LogP contribution in [0.4, 0.5) is 0 Å². The molecule has 2 heterocycles. The van der Waals surface area contributed by atoms with Gasteiger partial charge in [-0.2, -0.15) is 0 Å². The largest absolute Gasteiger partial charge is 0.390 e. The quantitative estimate of drug-likeness (QED) is 0.635. The highest BCUT2D eigenvalue weighted by atomic mass is 16.3. The molecule has 0 radical (unpaired) electrons. The Morgan fingerprint density at radius 3 is 2.78 bits per heavy atom. The van der Waals surface area contributed by atoms with Gasteiger partial charge in [0.15, 0.2) is 5.43 Å². The number of carbonyl (C=O) groups excluding carboxylic acids is 1. The number of pyridine rings is 1. The van der Waals surface area contributed by atoms with Gasteiger partial charge in [-0.15, -0.1) is 0 Å². The van der Waals surface area contributed by atoms with Gasteiger partial charge < -0.3 is 20.3 Å². The van der Waals surface area contributed by atoms with E-state index >= 15 is 0 Å². The van der Waals surface area contributed by atoms with Crippen molar-refractivity contribution in [2.45, 2.75) is 19.1 Å². The van der Waals surface area contributed by atoms with Gasteiger partial charge in [-0.25, -0.2) is 0 Å². The van der Waals surface area contributed by atoms with Gasteiger partial charge in [0.2, 0.25) is 0 Å². The van der Waals surface area contributed by atoms with Crippen LogP contribution in [0.15, 0.2) is 17.1 Å². The third-order valence-electron chi connectivity index (χ3n) is 3.26. The summed E-state index contributed by atoms with van der Waals surface area (Å²) in [6, 6.07) is 1.10. The summed E-state index contributed by atoms with van der Waals surface area (Å²) < 4.78 is 0. The highest BCUT2D eigenvalue weighted by molar-refractivity contribution is 5.93. The van der Waals surface area contributed by atoms with Gasteiger partial charge in [0, 0.05) is 38.1 Å². The van der Waals surface area contributed by atoms with Crippen molar-refractivity contribution in [3.05, 3.63) is 33.7 Å². The third-order valence-corrected chi connectivity index (χ3v) is 3.26. The molecule has 1 fully saturated rings. The Kier molecular flexibility index (Phi) is 3.49. The molecule has 1 aromatic heterocycles. The summed E-state index contributed by atoms with van der Waals surface area (Å²) in [5, 5.41) is 12.7. The van der Waals surface area contributed by atoms with Crippen molar-refractivity contribution >= 4 is 5.91 Å². The third kappa shape index (κ3) is 2.30. The summed E-state index contributed by atoms with van der Waals surface area (Å²) in [6.45, 7) is 2.75. The van der Waals surface area contributed by atoms with E-state index < -0.39 is 6.10 Å². The molecule has 1 amide bonds. The van der Waals surface area contributed by atoms with Crippen LogP contribution < -0.4 is 10.7 Å². The topological polar surface area (TPSA) is 85.4 Å². The molecule has 0 aromatic carbocycles. The number of nitrogens with zero attached hydrogens (tertiary/aromatic N) is 1. The SMILES string of the molecule is Cc1cc(=O)c(C(=O)N(C)[C@H]2CNC[C@@H]2O)c[nH]1. The molecule has 1 aromatic rings. The zero-order valence-electron chi connectivity index (χ0n) is 10.4. The van der Waals surface area contributed by atoms with Crippen molar-refractivity contribution in [1.82, 2.24) is 15.2 Å². The molecule has 18 heavy (non-hydrogen) atoms. The second-order valence-electron chi connectivity index (χ2n) is 4.60. The number of hydrogen-bond acceptors (Lipinski definition) is 4. The lowest BCUT2D eigenvalue weighted by atomic mass is 10.1. The fourth-order valence-corrected chi connectivity index (χ4v) is 2.13. The molecule has 0 unspecified atom stereocenters. The van der Waals surface area contributed by atoms with Gasteiger partial charge >= 0.3 is 0 Å². The maximum Gasteiger partial charge on any atom is 0.259 e.